The molecule has 1 aliphatic heterocycles. The van der Waals surface area contributed by atoms with E-state index in [-0.39, 0.29) is 16.8 Å². The summed E-state index contributed by atoms with van der Waals surface area (Å²) in [6.07, 6.45) is 0.722. The second kappa shape index (κ2) is 4.25. The molecular formula is C7H14BrNO3S. The van der Waals surface area contributed by atoms with Crippen molar-refractivity contribution < 1.29 is 13.5 Å². The molecule has 1 heterocycles. The normalized spacial score (nSPS) is 31.9. The molecule has 0 unspecified atom stereocenters. The first kappa shape index (κ1) is 11.4. The maximum Gasteiger partial charge on any atom is 0.224 e. The lowest BCUT2D eigenvalue weighted by Gasteiger charge is -2.34. The summed E-state index contributed by atoms with van der Waals surface area (Å²) in [6, 6.07) is -0.0914. The second-order valence-corrected chi connectivity index (χ2v) is 6.58. The van der Waals surface area contributed by atoms with Gasteiger partial charge in [-0.25, -0.2) is 8.42 Å². The van der Waals surface area contributed by atoms with Crippen molar-refractivity contribution in [3.8, 4) is 0 Å². The zero-order valence-electron chi connectivity index (χ0n) is 7.48. The fourth-order valence-corrected chi connectivity index (χ4v) is 3.53. The van der Waals surface area contributed by atoms with Gasteiger partial charge in [0.15, 0.2) is 0 Å². The fraction of sp³-hybridized carbons (Fsp3) is 1.00. The molecule has 0 aromatic heterocycles. The van der Waals surface area contributed by atoms with Gasteiger partial charge in [0.25, 0.3) is 0 Å². The Balaban J connectivity index is 2.72. The number of hydrogen-bond donors (Lipinski definition) is 1. The topological polar surface area (TPSA) is 57.6 Å². The van der Waals surface area contributed by atoms with Crippen LogP contribution in [0.4, 0.5) is 0 Å². The van der Waals surface area contributed by atoms with E-state index in [1.165, 1.54) is 4.31 Å². The predicted octanol–water partition coefficient (Wildman–Crippen LogP) is 0.514. The molecular weight excluding hydrogens is 258 g/mol. The SMILES string of the molecule is C[C@H]1C[C@@H](O)CCN1S(=O)(=O)CBr. The van der Waals surface area contributed by atoms with Crippen LogP contribution in [-0.2, 0) is 10.0 Å². The molecule has 4 nitrogen and oxygen atoms in total. The molecule has 0 bridgehead atoms. The first-order valence-electron chi connectivity index (χ1n) is 4.21. The van der Waals surface area contributed by atoms with Crippen LogP contribution in [0.3, 0.4) is 0 Å². The third-order valence-electron chi connectivity index (χ3n) is 2.28. The summed E-state index contributed by atoms with van der Waals surface area (Å²) in [5, 5.41) is 9.30. The van der Waals surface area contributed by atoms with E-state index in [4.69, 9.17) is 0 Å². The van der Waals surface area contributed by atoms with Crippen LogP contribution in [0.1, 0.15) is 19.8 Å². The Morgan fingerprint density at radius 3 is 2.69 bits per heavy atom. The summed E-state index contributed by atoms with van der Waals surface area (Å²) in [5.74, 6) is 0. The van der Waals surface area contributed by atoms with Gasteiger partial charge in [0.2, 0.25) is 10.0 Å². The van der Waals surface area contributed by atoms with Crippen LogP contribution >= 0.6 is 15.9 Å². The molecule has 0 aliphatic carbocycles. The van der Waals surface area contributed by atoms with Crippen molar-refractivity contribution in [1.29, 1.82) is 0 Å². The first-order valence-corrected chi connectivity index (χ1v) is 6.94. The van der Waals surface area contributed by atoms with Crippen LogP contribution in [0.25, 0.3) is 0 Å². The zero-order chi connectivity index (χ0) is 10.1. The van der Waals surface area contributed by atoms with Gasteiger partial charge < -0.3 is 5.11 Å². The van der Waals surface area contributed by atoms with Crippen molar-refractivity contribution in [3.63, 3.8) is 0 Å². The van der Waals surface area contributed by atoms with Gasteiger partial charge in [-0.2, -0.15) is 4.31 Å². The highest BCUT2D eigenvalue weighted by Crippen LogP contribution is 2.21. The van der Waals surface area contributed by atoms with Crippen molar-refractivity contribution in [3.05, 3.63) is 0 Å². The molecule has 2 atom stereocenters. The van der Waals surface area contributed by atoms with E-state index in [2.05, 4.69) is 15.9 Å². The lowest BCUT2D eigenvalue weighted by molar-refractivity contribution is 0.0870. The molecule has 1 N–H and O–H groups in total. The summed E-state index contributed by atoms with van der Waals surface area (Å²) in [4.78, 5) is 0. The number of aliphatic hydroxyl groups is 1. The Hall–Kier alpha value is 0.350. The maximum atomic E-state index is 11.5. The minimum atomic E-state index is -3.15. The Morgan fingerprint density at radius 1 is 1.62 bits per heavy atom. The number of rotatable bonds is 2. The van der Waals surface area contributed by atoms with Crippen LogP contribution < -0.4 is 0 Å². The number of sulfonamides is 1. The van der Waals surface area contributed by atoms with Crippen molar-refractivity contribution >= 4 is 26.0 Å². The number of halogens is 1. The smallest absolute Gasteiger partial charge is 0.224 e. The lowest BCUT2D eigenvalue weighted by Crippen LogP contribution is -2.46. The Morgan fingerprint density at radius 2 is 2.23 bits per heavy atom. The number of nitrogens with zero attached hydrogens (tertiary/aromatic N) is 1. The molecule has 0 radical (unpaired) electrons. The molecule has 78 valence electrons. The van der Waals surface area contributed by atoms with E-state index in [0.717, 1.165) is 0 Å². The molecule has 1 fully saturated rings. The van der Waals surface area contributed by atoms with E-state index in [9.17, 15) is 13.5 Å². The molecule has 1 aliphatic rings. The largest absolute Gasteiger partial charge is 0.393 e. The van der Waals surface area contributed by atoms with E-state index in [0.29, 0.717) is 19.4 Å². The van der Waals surface area contributed by atoms with E-state index in [1.54, 1.807) is 0 Å². The number of piperidine rings is 1. The second-order valence-electron chi connectivity index (χ2n) is 3.36. The minimum absolute atomic E-state index is 0.0412. The summed E-state index contributed by atoms with van der Waals surface area (Å²) in [5.41, 5.74) is 0. The zero-order valence-corrected chi connectivity index (χ0v) is 9.88. The summed E-state index contributed by atoms with van der Waals surface area (Å²) < 4.78 is 24.3. The maximum absolute atomic E-state index is 11.5. The number of aliphatic hydroxyl groups excluding tert-OH is 1. The van der Waals surface area contributed by atoms with Crippen molar-refractivity contribution in [2.24, 2.45) is 0 Å². The molecule has 0 spiro atoms. The standard InChI is InChI=1S/C7H14BrNO3S/c1-6-4-7(10)2-3-9(6)13(11,12)5-8/h6-7,10H,2-5H2,1H3/t6-,7-/m0/s1. The van der Waals surface area contributed by atoms with Crippen LogP contribution in [0.2, 0.25) is 0 Å². The van der Waals surface area contributed by atoms with Gasteiger partial charge in [0, 0.05) is 12.6 Å². The highest BCUT2D eigenvalue weighted by atomic mass is 79.9. The fourth-order valence-electron chi connectivity index (χ4n) is 1.60. The number of hydrogen-bond acceptors (Lipinski definition) is 3. The average molecular weight is 272 g/mol. The van der Waals surface area contributed by atoms with E-state index < -0.39 is 10.0 Å². The molecule has 6 heteroatoms. The minimum Gasteiger partial charge on any atom is -0.393 e. The summed E-state index contributed by atoms with van der Waals surface area (Å²) in [6.45, 7) is 2.25. The van der Waals surface area contributed by atoms with Crippen LogP contribution in [-0.4, -0.2) is 41.2 Å². The number of alkyl halides is 1. The Bertz CT molecular complexity index is 267. The lowest BCUT2D eigenvalue weighted by atomic mass is 10.0. The van der Waals surface area contributed by atoms with Crippen molar-refractivity contribution in [1.82, 2.24) is 4.31 Å². The summed E-state index contributed by atoms with van der Waals surface area (Å²) in [7, 11) is -3.15. The molecule has 1 saturated heterocycles. The third-order valence-corrected chi connectivity index (χ3v) is 5.55. The Labute approximate surface area is 87.1 Å². The molecule has 0 amide bonds. The molecule has 0 aromatic carbocycles. The van der Waals surface area contributed by atoms with Gasteiger partial charge in [-0.05, 0) is 19.8 Å². The average Bonchev–Trinajstić information content (AvgIpc) is 2.03. The van der Waals surface area contributed by atoms with Gasteiger partial charge in [0.1, 0.15) is 4.66 Å². The van der Waals surface area contributed by atoms with Crippen LogP contribution in [0.15, 0.2) is 0 Å². The predicted molar refractivity (Wildman–Crippen MR) is 54.1 cm³/mol. The highest BCUT2D eigenvalue weighted by Gasteiger charge is 2.31. The van der Waals surface area contributed by atoms with E-state index in [1.807, 2.05) is 6.92 Å². The molecule has 0 saturated carbocycles. The third kappa shape index (κ3) is 2.65. The monoisotopic (exact) mass is 271 g/mol. The Kier molecular flexibility index (Phi) is 3.73. The molecule has 1 rings (SSSR count). The van der Waals surface area contributed by atoms with Gasteiger partial charge >= 0.3 is 0 Å². The van der Waals surface area contributed by atoms with Crippen molar-refractivity contribution in [2.45, 2.75) is 31.9 Å². The van der Waals surface area contributed by atoms with Gasteiger partial charge in [-0.3, -0.25) is 0 Å². The van der Waals surface area contributed by atoms with Crippen molar-refractivity contribution in [2.75, 3.05) is 11.2 Å². The van der Waals surface area contributed by atoms with Crippen LogP contribution in [0, 0.1) is 0 Å². The highest BCUT2D eigenvalue weighted by molar-refractivity contribution is 9.10. The molecule has 0 aromatic rings. The van der Waals surface area contributed by atoms with Gasteiger partial charge in [0.05, 0.1) is 6.10 Å². The summed E-state index contributed by atoms with van der Waals surface area (Å²) >= 11 is 2.96. The van der Waals surface area contributed by atoms with Gasteiger partial charge in [-0.1, -0.05) is 15.9 Å². The van der Waals surface area contributed by atoms with E-state index >= 15 is 0 Å². The van der Waals surface area contributed by atoms with Crippen LogP contribution in [0.5, 0.6) is 0 Å². The molecule has 13 heavy (non-hydrogen) atoms. The quantitative estimate of drug-likeness (QED) is 0.745. The first-order chi connectivity index (χ1) is 5.97. The van der Waals surface area contributed by atoms with Gasteiger partial charge in [-0.15, -0.1) is 0 Å².